The van der Waals surface area contributed by atoms with E-state index in [4.69, 9.17) is 14.2 Å². The fraction of sp³-hybridized carbons (Fsp3) is 0.414. The average Bonchev–Trinajstić information content (AvgIpc) is 2.91. The lowest BCUT2D eigenvalue weighted by molar-refractivity contribution is -0.0249. The van der Waals surface area contributed by atoms with E-state index in [9.17, 15) is 17.6 Å². The lowest BCUT2D eigenvalue weighted by atomic mass is 9.94. The van der Waals surface area contributed by atoms with Gasteiger partial charge in [-0.3, -0.25) is 4.79 Å². The Labute approximate surface area is 237 Å². The summed E-state index contributed by atoms with van der Waals surface area (Å²) in [5.41, 5.74) is 1.14. The fourth-order valence-electron chi connectivity index (χ4n) is 4.43. The van der Waals surface area contributed by atoms with E-state index in [-0.39, 0.29) is 31.3 Å². The number of benzene rings is 1. The van der Waals surface area contributed by atoms with Gasteiger partial charge in [-0.2, -0.15) is 8.42 Å². The van der Waals surface area contributed by atoms with Crippen molar-refractivity contribution in [2.45, 2.75) is 63.7 Å². The summed E-state index contributed by atoms with van der Waals surface area (Å²) in [4.78, 5) is 21.8. The maximum Gasteiger partial charge on any atom is 0.281 e. The van der Waals surface area contributed by atoms with Crippen molar-refractivity contribution in [1.29, 1.82) is 0 Å². The summed E-state index contributed by atoms with van der Waals surface area (Å²) in [7, 11) is -2.67. The quantitative estimate of drug-likeness (QED) is 0.333. The molecule has 1 aromatic carbocycles. The van der Waals surface area contributed by atoms with Gasteiger partial charge in [0.15, 0.2) is 5.03 Å². The second kappa shape index (κ2) is 12.7. The standard InChI is InChI=1S/C29H34FN3O6S.2H2/c1-18(2)17-38-22-15-20(14-21(30)16-22)24-13-12-23(29(32-24)39-26-10-6-5-9-25(26)37-4)28(34)33-40(35,36)27-11-7-8-19(3)31-27;;/h7-8,11-16,18,25-26H,5-6,9-10,17H2,1-4H3,(H,33,34);2*1H. The molecule has 2 aromatic heterocycles. The van der Waals surface area contributed by atoms with E-state index in [1.807, 2.05) is 13.8 Å². The summed E-state index contributed by atoms with van der Waals surface area (Å²) >= 11 is 0. The van der Waals surface area contributed by atoms with Crippen LogP contribution in [0.25, 0.3) is 11.3 Å². The number of pyridine rings is 2. The Morgan fingerprint density at radius 2 is 1.85 bits per heavy atom. The van der Waals surface area contributed by atoms with Crippen molar-refractivity contribution in [2.75, 3.05) is 13.7 Å². The number of methoxy groups -OCH3 is 1. The predicted molar refractivity (Wildman–Crippen MR) is 151 cm³/mol. The van der Waals surface area contributed by atoms with Gasteiger partial charge in [0.2, 0.25) is 5.88 Å². The molecule has 40 heavy (non-hydrogen) atoms. The van der Waals surface area contributed by atoms with E-state index < -0.39 is 27.9 Å². The van der Waals surface area contributed by atoms with Crippen molar-refractivity contribution in [2.24, 2.45) is 5.92 Å². The van der Waals surface area contributed by atoms with Crippen molar-refractivity contribution in [3.63, 3.8) is 0 Å². The van der Waals surface area contributed by atoms with Crippen molar-refractivity contribution in [3.05, 3.63) is 65.6 Å². The van der Waals surface area contributed by atoms with Gasteiger partial charge in [-0.1, -0.05) is 26.3 Å². The SMILES string of the molecule is COC1CCCCC1Oc1nc(-c2cc(F)cc(OCC(C)C)c2)ccc1C(=O)NS(=O)(=O)c1cccc(C)n1.[HH].[HH]. The summed E-state index contributed by atoms with van der Waals surface area (Å²) in [5, 5.41) is -0.284. The van der Waals surface area contributed by atoms with E-state index in [0.29, 0.717) is 35.7 Å². The molecule has 0 bridgehead atoms. The number of halogens is 1. The smallest absolute Gasteiger partial charge is 0.281 e. The highest BCUT2D eigenvalue weighted by Crippen LogP contribution is 2.31. The fourth-order valence-corrected chi connectivity index (χ4v) is 5.41. The predicted octanol–water partition coefficient (Wildman–Crippen LogP) is 5.57. The lowest BCUT2D eigenvalue weighted by Gasteiger charge is -2.30. The molecule has 2 atom stereocenters. The third-order valence-electron chi connectivity index (χ3n) is 6.43. The molecule has 9 nitrogen and oxygen atoms in total. The van der Waals surface area contributed by atoms with Gasteiger partial charge in [0.05, 0.1) is 18.4 Å². The Balaban J connectivity index is 0.00000308. The van der Waals surface area contributed by atoms with Crippen molar-refractivity contribution in [1.82, 2.24) is 14.7 Å². The van der Waals surface area contributed by atoms with Gasteiger partial charge in [-0.15, -0.1) is 0 Å². The molecule has 1 amide bonds. The van der Waals surface area contributed by atoms with E-state index >= 15 is 0 Å². The van der Waals surface area contributed by atoms with E-state index in [0.717, 1.165) is 19.3 Å². The Hall–Kier alpha value is -3.57. The molecule has 1 aliphatic carbocycles. The van der Waals surface area contributed by atoms with Crippen LogP contribution in [-0.2, 0) is 14.8 Å². The molecule has 0 aliphatic heterocycles. The Kier molecular flexibility index (Phi) is 9.36. The summed E-state index contributed by atoms with van der Waals surface area (Å²) in [6.07, 6.45) is 2.70. The zero-order valence-corrected chi connectivity index (χ0v) is 23.8. The van der Waals surface area contributed by atoms with Gasteiger partial charge < -0.3 is 14.2 Å². The molecule has 1 saturated carbocycles. The Bertz CT molecular complexity index is 1480. The second-order valence-electron chi connectivity index (χ2n) is 10.2. The first kappa shape index (κ1) is 29.4. The molecular weight excluding hydrogens is 537 g/mol. The minimum absolute atomic E-state index is 0. The van der Waals surface area contributed by atoms with Crippen LogP contribution in [0.1, 0.15) is 58.4 Å². The number of aromatic nitrogens is 2. The number of carbonyl (C=O) groups is 1. The molecule has 2 heterocycles. The highest BCUT2D eigenvalue weighted by molar-refractivity contribution is 7.90. The van der Waals surface area contributed by atoms with Crippen LogP contribution in [0.4, 0.5) is 4.39 Å². The number of carbonyl (C=O) groups excluding carboxylic acids is 1. The second-order valence-corrected chi connectivity index (χ2v) is 11.8. The highest BCUT2D eigenvalue weighted by Gasteiger charge is 2.30. The topological polar surface area (TPSA) is 117 Å². The monoisotopic (exact) mass is 575 g/mol. The van der Waals surface area contributed by atoms with Gasteiger partial charge in [0.1, 0.15) is 23.2 Å². The number of rotatable bonds is 10. The molecular formula is C29H38FN3O6S. The minimum Gasteiger partial charge on any atom is -0.493 e. The molecule has 4 rings (SSSR count). The number of aryl methyl sites for hydroxylation is 1. The first-order chi connectivity index (χ1) is 19.1. The van der Waals surface area contributed by atoms with Gasteiger partial charge in [-0.25, -0.2) is 19.1 Å². The molecule has 218 valence electrons. The third kappa shape index (κ3) is 7.33. The normalized spacial score (nSPS) is 17.4. The first-order valence-electron chi connectivity index (χ1n) is 13.2. The molecule has 3 aromatic rings. The molecule has 1 fully saturated rings. The van der Waals surface area contributed by atoms with Crippen LogP contribution < -0.4 is 14.2 Å². The zero-order valence-electron chi connectivity index (χ0n) is 23.0. The van der Waals surface area contributed by atoms with Gasteiger partial charge >= 0.3 is 0 Å². The number of nitrogens with one attached hydrogen (secondary N) is 1. The number of nitrogens with zero attached hydrogens (tertiary/aromatic N) is 2. The van der Waals surface area contributed by atoms with Crippen LogP contribution >= 0.6 is 0 Å². The van der Waals surface area contributed by atoms with Crippen LogP contribution in [0, 0.1) is 18.7 Å². The molecule has 0 spiro atoms. The maximum atomic E-state index is 14.5. The van der Waals surface area contributed by atoms with Crippen LogP contribution in [0.2, 0.25) is 0 Å². The highest BCUT2D eigenvalue weighted by atomic mass is 32.2. The van der Waals surface area contributed by atoms with E-state index in [2.05, 4.69) is 14.7 Å². The molecule has 11 heteroatoms. The number of hydrogen-bond donors (Lipinski definition) is 1. The van der Waals surface area contributed by atoms with Crippen LogP contribution in [0.3, 0.4) is 0 Å². The molecule has 1 N–H and O–H groups in total. The molecule has 2 unspecified atom stereocenters. The first-order valence-corrected chi connectivity index (χ1v) is 14.7. The third-order valence-corrected chi connectivity index (χ3v) is 7.66. The van der Waals surface area contributed by atoms with E-state index in [1.165, 1.54) is 30.3 Å². The van der Waals surface area contributed by atoms with Gasteiger partial charge in [-0.05, 0) is 68.5 Å². The van der Waals surface area contributed by atoms with Crippen molar-refractivity contribution < 1.29 is 34.7 Å². The van der Waals surface area contributed by atoms with E-state index in [1.54, 1.807) is 32.2 Å². The van der Waals surface area contributed by atoms with Crippen molar-refractivity contribution in [3.8, 4) is 22.9 Å². The van der Waals surface area contributed by atoms with Crippen LogP contribution in [0.5, 0.6) is 11.6 Å². The Morgan fingerprint density at radius 3 is 2.55 bits per heavy atom. The number of hydrogen-bond acceptors (Lipinski definition) is 8. The average molecular weight is 576 g/mol. The lowest BCUT2D eigenvalue weighted by Crippen LogP contribution is -2.37. The van der Waals surface area contributed by atoms with Crippen LogP contribution in [-0.4, -0.2) is 50.2 Å². The zero-order chi connectivity index (χ0) is 28.9. The number of sulfonamides is 1. The summed E-state index contributed by atoms with van der Waals surface area (Å²) in [5.74, 6) is -0.921. The van der Waals surface area contributed by atoms with Crippen molar-refractivity contribution >= 4 is 15.9 Å². The largest absolute Gasteiger partial charge is 0.493 e. The number of ether oxygens (including phenoxy) is 3. The summed E-state index contributed by atoms with van der Waals surface area (Å²) < 4.78 is 59.9. The maximum absolute atomic E-state index is 14.5. The minimum atomic E-state index is -4.27. The molecule has 1 aliphatic rings. The van der Waals surface area contributed by atoms with Crippen LogP contribution in [0.15, 0.2) is 53.6 Å². The Morgan fingerprint density at radius 1 is 1.10 bits per heavy atom. The molecule has 0 radical (unpaired) electrons. The van der Waals surface area contributed by atoms with Gasteiger partial charge in [0, 0.05) is 27.3 Å². The van der Waals surface area contributed by atoms with Gasteiger partial charge in [0.25, 0.3) is 15.9 Å². The number of amides is 1. The summed E-state index contributed by atoms with van der Waals surface area (Å²) in [6, 6.07) is 11.7. The summed E-state index contributed by atoms with van der Waals surface area (Å²) in [6.45, 7) is 6.04. The molecule has 0 saturated heterocycles.